The highest BCUT2D eigenvalue weighted by molar-refractivity contribution is 6.06. The van der Waals surface area contributed by atoms with Crippen LogP contribution in [0.5, 0.6) is 0 Å². The zero-order valence-corrected chi connectivity index (χ0v) is 19.3. The van der Waals surface area contributed by atoms with Gasteiger partial charge in [-0.2, -0.15) is 0 Å². The van der Waals surface area contributed by atoms with Crippen LogP contribution in [0, 0.1) is 6.92 Å². The summed E-state index contributed by atoms with van der Waals surface area (Å²) in [5, 5.41) is 6.75. The molecule has 5 rings (SSSR count). The number of nitrogens with two attached hydrogens (primary N) is 1. The average molecular weight is 452 g/mol. The van der Waals surface area contributed by atoms with Crippen LogP contribution in [0.2, 0.25) is 0 Å². The molecule has 3 aromatic carbocycles. The van der Waals surface area contributed by atoms with Gasteiger partial charge in [-0.25, -0.2) is 9.97 Å². The van der Waals surface area contributed by atoms with E-state index in [1.807, 2.05) is 75.4 Å². The third-order valence-corrected chi connectivity index (χ3v) is 6.29. The van der Waals surface area contributed by atoms with Gasteiger partial charge in [0.05, 0.1) is 5.52 Å². The molecule has 2 heterocycles. The fraction of sp³-hybridized carbons (Fsp3) is 0.185. The van der Waals surface area contributed by atoms with Gasteiger partial charge in [0.1, 0.15) is 0 Å². The second kappa shape index (κ2) is 7.95. The van der Waals surface area contributed by atoms with E-state index in [-0.39, 0.29) is 23.2 Å². The second-order valence-electron chi connectivity index (χ2n) is 9.35. The van der Waals surface area contributed by atoms with Gasteiger partial charge >= 0.3 is 0 Å². The molecule has 34 heavy (non-hydrogen) atoms. The first-order valence-electron chi connectivity index (χ1n) is 11.1. The molecule has 0 aliphatic carbocycles. The lowest BCUT2D eigenvalue weighted by Gasteiger charge is -2.32. The quantitative estimate of drug-likeness (QED) is 0.403. The van der Waals surface area contributed by atoms with Gasteiger partial charge in [-0.15, -0.1) is 0 Å². The number of carbonyl (C=O) groups is 2. The van der Waals surface area contributed by atoms with Crippen molar-refractivity contribution in [1.29, 1.82) is 0 Å². The van der Waals surface area contributed by atoms with E-state index in [0.29, 0.717) is 17.7 Å². The fourth-order valence-electron chi connectivity index (χ4n) is 4.50. The van der Waals surface area contributed by atoms with Crippen molar-refractivity contribution >= 4 is 40.0 Å². The number of aryl methyl sites for hydroxylation is 1. The van der Waals surface area contributed by atoms with Crippen LogP contribution >= 0.6 is 0 Å². The molecule has 2 amide bonds. The van der Waals surface area contributed by atoms with E-state index in [0.717, 1.165) is 38.8 Å². The predicted octanol–water partition coefficient (Wildman–Crippen LogP) is 5.06. The average Bonchev–Trinajstić information content (AvgIpc) is 2.78. The fourth-order valence-corrected chi connectivity index (χ4v) is 4.50. The topological polar surface area (TPSA) is 110 Å². The van der Waals surface area contributed by atoms with E-state index in [9.17, 15) is 9.59 Å². The Balaban J connectivity index is 1.44. The Morgan fingerprint density at radius 3 is 2.74 bits per heavy atom. The molecule has 0 radical (unpaired) electrons. The molecular weight excluding hydrogens is 426 g/mol. The summed E-state index contributed by atoms with van der Waals surface area (Å²) < 4.78 is 0. The van der Waals surface area contributed by atoms with E-state index in [1.165, 1.54) is 0 Å². The number of fused-ring (bicyclic) bond motifs is 2. The monoisotopic (exact) mass is 451 g/mol. The Morgan fingerprint density at radius 1 is 1.09 bits per heavy atom. The lowest BCUT2D eigenvalue weighted by atomic mass is 9.78. The van der Waals surface area contributed by atoms with Gasteiger partial charge in [-0.3, -0.25) is 9.59 Å². The van der Waals surface area contributed by atoms with Crippen LogP contribution in [0.1, 0.15) is 41.8 Å². The first-order valence-corrected chi connectivity index (χ1v) is 11.1. The number of nitrogens with zero attached hydrogens (tertiary/aromatic N) is 2. The van der Waals surface area contributed by atoms with Gasteiger partial charge in [0.15, 0.2) is 0 Å². The number of anilines is 3. The number of benzene rings is 3. The molecule has 0 bridgehead atoms. The summed E-state index contributed by atoms with van der Waals surface area (Å²) in [6.07, 6.45) is 2.13. The SMILES string of the molecule is Cc1ccc(C(=O)Nc2ccc3c(c2)NC(=O)CC3(C)C)cc1-c1ccc2nc(N)ncc2c1. The predicted molar refractivity (Wildman–Crippen MR) is 135 cm³/mol. The number of nitrogens with one attached hydrogen (secondary N) is 2. The van der Waals surface area contributed by atoms with E-state index in [1.54, 1.807) is 6.20 Å². The molecule has 1 aliphatic rings. The molecule has 4 aromatic rings. The number of amides is 2. The molecule has 1 aromatic heterocycles. The Labute approximate surface area is 197 Å². The lowest BCUT2D eigenvalue weighted by molar-refractivity contribution is -0.117. The summed E-state index contributed by atoms with van der Waals surface area (Å²) in [5.41, 5.74) is 12.1. The van der Waals surface area contributed by atoms with Crippen LogP contribution in [-0.2, 0) is 10.2 Å². The van der Waals surface area contributed by atoms with Crippen LogP contribution in [0.15, 0.2) is 60.8 Å². The Bertz CT molecular complexity index is 1480. The third-order valence-electron chi connectivity index (χ3n) is 6.29. The van der Waals surface area contributed by atoms with Crippen LogP contribution in [0.3, 0.4) is 0 Å². The van der Waals surface area contributed by atoms with Crippen LogP contribution in [0.25, 0.3) is 22.0 Å². The summed E-state index contributed by atoms with van der Waals surface area (Å²) in [7, 11) is 0. The molecule has 0 atom stereocenters. The maximum atomic E-state index is 13.1. The zero-order chi connectivity index (χ0) is 24.0. The van der Waals surface area contributed by atoms with Crippen molar-refractivity contribution in [2.24, 2.45) is 0 Å². The summed E-state index contributed by atoms with van der Waals surface area (Å²) >= 11 is 0. The molecule has 7 heteroatoms. The van der Waals surface area contributed by atoms with E-state index in [4.69, 9.17) is 5.73 Å². The van der Waals surface area contributed by atoms with Crippen LogP contribution in [-0.4, -0.2) is 21.8 Å². The van der Waals surface area contributed by atoms with Crippen molar-refractivity contribution in [3.63, 3.8) is 0 Å². The molecule has 7 nitrogen and oxygen atoms in total. The minimum atomic E-state index is -0.247. The minimum Gasteiger partial charge on any atom is -0.368 e. The molecular formula is C27H25N5O2. The number of hydrogen-bond acceptors (Lipinski definition) is 5. The van der Waals surface area contributed by atoms with Crippen molar-refractivity contribution in [2.75, 3.05) is 16.4 Å². The first-order chi connectivity index (χ1) is 16.2. The van der Waals surface area contributed by atoms with Crippen LogP contribution in [0.4, 0.5) is 17.3 Å². The maximum absolute atomic E-state index is 13.1. The highest BCUT2D eigenvalue weighted by atomic mass is 16.2. The van der Waals surface area contributed by atoms with Crippen molar-refractivity contribution in [3.8, 4) is 11.1 Å². The van der Waals surface area contributed by atoms with Crippen LogP contribution < -0.4 is 16.4 Å². The van der Waals surface area contributed by atoms with Gasteiger partial charge in [0, 0.05) is 40.4 Å². The molecule has 0 fully saturated rings. The lowest BCUT2D eigenvalue weighted by Crippen LogP contribution is -2.32. The number of carbonyl (C=O) groups excluding carboxylic acids is 2. The molecule has 0 saturated carbocycles. The highest BCUT2D eigenvalue weighted by Gasteiger charge is 2.31. The van der Waals surface area contributed by atoms with Gasteiger partial charge in [0.2, 0.25) is 11.9 Å². The van der Waals surface area contributed by atoms with Gasteiger partial charge in [-0.1, -0.05) is 32.0 Å². The standard InChI is InChI=1S/C27H25N5O2/c1-15-4-5-17(11-20(15)16-6-9-22-18(10-16)14-29-26(28)32-22)25(34)30-19-7-8-21-23(12-19)31-24(33)13-27(21,2)3/h4-12,14H,13H2,1-3H3,(H,30,34)(H,31,33)(H2,28,29,32). The van der Waals surface area contributed by atoms with E-state index >= 15 is 0 Å². The van der Waals surface area contributed by atoms with Gasteiger partial charge < -0.3 is 16.4 Å². The Hall–Kier alpha value is -4.26. The second-order valence-corrected chi connectivity index (χ2v) is 9.35. The van der Waals surface area contributed by atoms with E-state index in [2.05, 4.69) is 20.6 Å². The zero-order valence-electron chi connectivity index (χ0n) is 19.3. The molecule has 0 spiro atoms. The molecule has 0 unspecified atom stereocenters. The smallest absolute Gasteiger partial charge is 0.255 e. The van der Waals surface area contributed by atoms with Crippen molar-refractivity contribution < 1.29 is 9.59 Å². The van der Waals surface area contributed by atoms with Crippen molar-refractivity contribution in [1.82, 2.24) is 9.97 Å². The Kier molecular flexibility index (Phi) is 5.05. The van der Waals surface area contributed by atoms with Crippen molar-refractivity contribution in [3.05, 3.63) is 77.5 Å². The number of aromatic nitrogens is 2. The number of rotatable bonds is 3. The number of nitrogen functional groups attached to an aromatic ring is 1. The summed E-state index contributed by atoms with van der Waals surface area (Å²) in [6.45, 7) is 6.10. The first kappa shape index (κ1) is 21.6. The summed E-state index contributed by atoms with van der Waals surface area (Å²) in [4.78, 5) is 33.5. The summed E-state index contributed by atoms with van der Waals surface area (Å²) in [5.74, 6) is -0.00692. The van der Waals surface area contributed by atoms with Crippen molar-refractivity contribution in [2.45, 2.75) is 32.6 Å². The van der Waals surface area contributed by atoms with Gasteiger partial charge in [0.25, 0.3) is 5.91 Å². The normalized spacial score (nSPS) is 14.4. The highest BCUT2D eigenvalue weighted by Crippen LogP contribution is 2.38. The third kappa shape index (κ3) is 3.96. The van der Waals surface area contributed by atoms with Gasteiger partial charge in [-0.05, 0) is 65.6 Å². The summed E-state index contributed by atoms with van der Waals surface area (Å²) in [6, 6.07) is 17.1. The number of hydrogen-bond donors (Lipinski definition) is 3. The molecule has 4 N–H and O–H groups in total. The maximum Gasteiger partial charge on any atom is 0.255 e. The Morgan fingerprint density at radius 2 is 1.91 bits per heavy atom. The molecule has 170 valence electrons. The molecule has 1 aliphatic heterocycles. The minimum absolute atomic E-state index is 0.0207. The molecule has 0 saturated heterocycles. The largest absolute Gasteiger partial charge is 0.368 e. The van der Waals surface area contributed by atoms with E-state index < -0.39 is 0 Å².